The first-order valence-electron chi connectivity index (χ1n) is 6.59. The lowest BCUT2D eigenvalue weighted by Gasteiger charge is -2.18. The van der Waals surface area contributed by atoms with E-state index in [0.717, 1.165) is 18.4 Å². The molecule has 0 N–H and O–H groups in total. The van der Waals surface area contributed by atoms with Crippen molar-refractivity contribution in [3.8, 4) is 0 Å². The fourth-order valence-electron chi connectivity index (χ4n) is 2.15. The zero-order valence-corrected chi connectivity index (χ0v) is 10.6. The average Bonchev–Trinajstić information content (AvgIpc) is 2.30. The number of ether oxygens (including phenoxy) is 1. The molecule has 1 aliphatic rings. The van der Waals surface area contributed by atoms with Crippen LogP contribution in [0.3, 0.4) is 0 Å². The van der Waals surface area contributed by atoms with Gasteiger partial charge in [0.1, 0.15) is 0 Å². The van der Waals surface area contributed by atoms with Gasteiger partial charge in [0.15, 0.2) is 0 Å². The molecule has 0 atom stereocenters. The summed E-state index contributed by atoms with van der Waals surface area (Å²) in [6, 6.07) is 0. The fraction of sp³-hybridized carbons (Fsp3) is 0.786. The zero-order chi connectivity index (χ0) is 11.8. The van der Waals surface area contributed by atoms with Crippen LogP contribution < -0.4 is 0 Å². The highest BCUT2D eigenvalue weighted by atomic mass is 16.5. The first-order chi connectivity index (χ1) is 7.74. The van der Waals surface area contributed by atoms with E-state index in [1.54, 1.807) is 0 Å². The van der Waals surface area contributed by atoms with Crippen LogP contribution in [0, 0.1) is 5.92 Å². The van der Waals surface area contributed by atoms with E-state index in [0.29, 0.717) is 12.5 Å². The molecule has 0 amide bonds. The molecule has 2 heteroatoms. The van der Waals surface area contributed by atoms with Crippen LogP contribution in [0.25, 0.3) is 0 Å². The molecule has 16 heavy (non-hydrogen) atoms. The first kappa shape index (κ1) is 13.3. The molecule has 1 saturated carbocycles. The summed E-state index contributed by atoms with van der Waals surface area (Å²) in [7, 11) is 0. The van der Waals surface area contributed by atoms with Crippen LogP contribution in [0.2, 0.25) is 0 Å². The number of carbonyl (C=O) groups excluding carboxylic acids is 1. The van der Waals surface area contributed by atoms with Crippen LogP contribution in [-0.4, -0.2) is 12.6 Å². The van der Waals surface area contributed by atoms with E-state index < -0.39 is 0 Å². The van der Waals surface area contributed by atoms with Gasteiger partial charge in [0.2, 0.25) is 0 Å². The molecule has 0 aromatic heterocycles. The minimum Gasteiger partial charge on any atom is -0.462 e. The van der Waals surface area contributed by atoms with Crippen molar-refractivity contribution in [2.75, 3.05) is 6.61 Å². The van der Waals surface area contributed by atoms with E-state index in [9.17, 15) is 4.79 Å². The van der Waals surface area contributed by atoms with E-state index in [-0.39, 0.29) is 5.97 Å². The molecule has 0 aromatic rings. The lowest BCUT2D eigenvalue weighted by Crippen LogP contribution is -2.10. The predicted octanol–water partition coefficient (Wildman–Crippen LogP) is 3.86. The summed E-state index contributed by atoms with van der Waals surface area (Å²) >= 11 is 0. The molecule has 1 rings (SSSR count). The molecule has 0 unspecified atom stereocenters. The molecule has 0 aromatic carbocycles. The molecule has 0 bridgehead atoms. The highest BCUT2D eigenvalue weighted by Crippen LogP contribution is 2.25. The second kappa shape index (κ2) is 7.48. The van der Waals surface area contributed by atoms with Crippen LogP contribution >= 0.6 is 0 Å². The number of hydrogen-bond acceptors (Lipinski definition) is 2. The quantitative estimate of drug-likeness (QED) is 0.403. The van der Waals surface area contributed by atoms with Gasteiger partial charge in [-0.05, 0) is 32.1 Å². The lowest BCUT2D eigenvalue weighted by molar-refractivity contribution is -0.139. The number of esters is 1. The number of carbonyl (C=O) groups is 1. The van der Waals surface area contributed by atoms with Crippen molar-refractivity contribution < 1.29 is 9.53 Å². The molecule has 0 saturated heterocycles. The van der Waals surface area contributed by atoms with Gasteiger partial charge in [0, 0.05) is 5.57 Å². The predicted molar refractivity (Wildman–Crippen MR) is 66.2 cm³/mol. The van der Waals surface area contributed by atoms with E-state index in [1.807, 2.05) is 6.92 Å². The summed E-state index contributed by atoms with van der Waals surface area (Å²) in [4.78, 5) is 11.6. The van der Waals surface area contributed by atoms with Crippen LogP contribution in [0.15, 0.2) is 11.6 Å². The standard InChI is InChI=1S/C14H24O2/c1-3-4-10-16-14(15)12(2)11-13-8-6-5-7-9-13/h11,13H,3-10H2,1-2H3. The molecule has 1 fully saturated rings. The third-order valence-electron chi connectivity index (χ3n) is 3.19. The summed E-state index contributed by atoms with van der Waals surface area (Å²) in [6.45, 7) is 4.53. The van der Waals surface area contributed by atoms with Crippen LogP contribution in [0.4, 0.5) is 0 Å². The van der Waals surface area contributed by atoms with Crippen molar-refractivity contribution in [1.29, 1.82) is 0 Å². The summed E-state index contributed by atoms with van der Waals surface area (Å²) in [6.07, 6.45) is 10.6. The van der Waals surface area contributed by atoms with E-state index in [2.05, 4.69) is 13.0 Å². The van der Waals surface area contributed by atoms with Crippen LogP contribution in [0.1, 0.15) is 58.8 Å². The van der Waals surface area contributed by atoms with E-state index in [1.165, 1.54) is 32.1 Å². The third kappa shape index (κ3) is 4.82. The van der Waals surface area contributed by atoms with Crippen molar-refractivity contribution in [3.63, 3.8) is 0 Å². The Morgan fingerprint density at radius 2 is 2.00 bits per heavy atom. The molecule has 1 aliphatic carbocycles. The number of hydrogen-bond donors (Lipinski definition) is 0. The molecule has 92 valence electrons. The van der Waals surface area contributed by atoms with Gasteiger partial charge in [-0.2, -0.15) is 0 Å². The minimum atomic E-state index is -0.126. The van der Waals surface area contributed by atoms with Crippen molar-refractivity contribution in [2.45, 2.75) is 58.8 Å². The van der Waals surface area contributed by atoms with Gasteiger partial charge in [-0.3, -0.25) is 0 Å². The Kier molecular flexibility index (Phi) is 6.20. The van der Waals surface area contributed by atoms with Crippen LogP contribution in [-0.2, 0) is 9.53 Å². The van der Waals surface area contributed by atoms with Crippen molar-refractivity contribution in [3.05, 3.63) is 11.6 Å². The van der Waals surface area contributed by atoms with E-state index >= 15 is 0 Å². The topological polar surface area (TPSA) is 26.3 Å². The normalized spacial score (nSPS) is 18.5. The van der Waals surface area contributed by atoms with Gasteiger partial charge in [-0.25, -0.2) is 4.79 Å². The monoisotopic (exact) mass is 224 g/mol. The molecule has 2 nitrogen and oxygen atoms in total. The summed E-state index contributed by atoms with van der Waals surface area (Å²) in [5.41, 5.74) is 0.794. The summed E-state index contributed by atoms with van der Waals surface area (Å²) < 4.78 is 5.18. The Morgan fingerprint density at radius 3 is 2.62 bits per heavy atom. The Hall–Kier alpha value is -0.790. The van der Waals surface area contributed by atoms with Gasteiger partial charge in [-0.15, -0.1) is 0 Å². The molecule has 0 radical (unpaired) electrons. The molecular weight excluding hydrogens is 200 g/mol. The second-order valence-corrected chi connectivity index (χ2v) is 4.74. The van der Waals surface area contributed by atoms with E-state index in [4.69, 9.17) is 4.74 Å². The van der Waals surface area contributed by atoms with Gasteiger partial charge in [0.25, 0.3) is 0 Å². The fourth-order valence-corrected chi connectivity index (χ4v) is 2.15. The zero-order valence-electron chi connectivity index (χ0n) is 10.6. The Morgan fingerprint density at radius 1 is 1.31 bits per heavy atom. The minimum absolute atomic E-state index is 0.126. The average molecular weight is 224 g/mol. The summed E-state index contributed by atoms with van der Waals surface area (Å²) in [5, 5.41) is 0. The molecule has 0 heterocycles. The Labute approximate surface area is 99.1 Å². The smallest absolute Gasteiger partial charge is 0.333 e. The van der Waals surface area contributed by atoms with Crippen molar-refractivity contribution in [1.82, 2.24) is 0 Å². The molecular formula is C14H24O2. The number of rotatable bonds is 5. The van der Waals surface area contributed by atoms with Crippen LogP contribution in [0.5, 0.6) is 0 Å². The third-order valence-corrected chi connectivity index (χ3v) is 3.19. The second-order valence-electron chi connectivity index (χ2n) is 4.74. The maximum absolute atomic E-state index is 11.6. The maximum Gasteiger partial charge on any atom is 0.333 e. The highest BCUT2D eigenvalue weighted by Gasteiger charge is 2.13. The Balaban J connectivity index is 2.32. The maximum atomic E-state index is 11.6. The van der Waals surface area contributed by atoms with Crippen molar-refractivity contribution >= 4 is 5.97 Å². The highest BCUT2D eigenvalue weighted by molar-refractivity contribution is 5.87. The number of unbranched alkanes of at least 4 members (excludes halogenated alkanes) is 1. The summed E-state index contributed by atoms with van der Waals surface area (Å²) in [5.74, 6) is 0.478. The molecule has 0 spiro atoms. The first-order valence-corrected chi connectivity index (χ1v) is 6.59. The lowest BCUT2D eigenvalue weighted by atomic mass is 9.88. The van der Waals surface area contributed by atoms with Gasteiger partial charge < -0.3 is 4.74 Å². The van der Waals surface area contributed by atoms with Gasteiger partial charge >= 0.3 is 5.97 Å². The number of allylic oxidation sites excluding steroid dienone is 1. The SMILES string of the molecule is CCCCOC(=O)C(C)=CC1CCCCC1. The molecule has 0 aliphatic heterocycles. The van der Waals surface area contributed by atoms with Gasteiger partial charge in [0.05, 0.1) is 6.61 Å². The van der Waals surface area contributed by atoms with Gasteiger partial charge in [-0.1, -0.05) is 38.7 Å². The largest absolute Gasteiger partial charge is 0.462 e. The van der Waals surface area contributed by atoms with Crippen molar-refractivity contribution in [2.24, 2.45) is 5.92 Å². The Bertz CT molecular complexity index is 237.